The van der Waals surface area contributed by atoms with Crippen LogP contribution >= 0.6 is 0 Å². The summed E-state index contributed by atoms with van der Waals surface area (Å²) in [6, 6.07) is 12.9. The maximum atomic E-state index is 8.86. The summed E-state index contributed by atoms with van der Waals surface area (Å²) in [5, 5.41) is 14.7. The molecule has 0 aliphatic carbocycles. The first-order chi connectivity index (χ1) is 9.76. The van der Waals surface area contributed by atoms with E-state index in [2.05, 4.69) is 36.5 Å². The summed E-state index contributed by atoms with van der Waals surface area (Å²) in [6.07, 6.45) is 1.84. The lowest BCUT2D eigenvalue weighted by Gasteiger charge is -2.15. The van der Waals surface area contributed by atoms with Gasteiger partial charge in [-0.3, -0.25) is 0 Å². The van der Waals surface area contributed by atoms with Gasteiger partial charge in [-0.1, -0.05) is 30.3 Å². The van der Waals surface area contributed by atoms with Crippen molar-refractivity contribution in [3.8, 4) is 5.75 Å². The first-order valence-corrected chi connectivity index (χ1v) is 7.15. The Bertz CT molecular complexity index is 554. The highest BCUT2D eigenvalue weighted by Crippen LogP contribution is 2.28. The predicted molar refractivity (Wildman–Crippen MR) is 83.1 cm³/mol. The van der Waals surface area contributed by atoms with Crippen molar-refractivity contribution in [3.05, 3.63) is 42.0 Å². The Morgan fingerprint density at radius 1 is 1.15 bits per heavy atom. The molecule has 1 atom stereocenters. The van der Waals surface area contributed by atoms with Gasteiger partial charge in [0, 0.05) is 24.6 Å². The first-order valence-electron chi connectivity index (χ1n) is 7.15. The van der Waals surface area contributed by atoms with Crippen molar-refractivity contribution in [1.82, 2.24) is 5.32 Å². The highest BCUT2D eigenvalue weighted by molar-refractivity contribution is 5.91. The number of nitrogens with one attached hydrogen (secondary N) is 1. The molecule has 0 saturated carbocycles. The van der Waals surface area contributed by atoms with E-state index in [0.717, 1.165) is 30.5 Å². The lowest BCUT2D eigenvalue weighted by Crippen LogP contribution is -2.25. The molecule has 2 N–H and O–H groups in total. The maximum absolute atomic E-state index is 8.86. The SMILES string of the molecule is COc1ccc(CNC(C)CCCO)c2ccccc12. The third-order valence-electron chi connectivity index (χ3n) is 3.63. The number of fused-ring (bicyclic) bond motifs is 1. The molecule has 0 saturated heterocycles. The molecule has 108 valence electrons. The van der Waals surface area contributed by atoms with Crippen LogP contribution in [0.5, 0.6) is 5.75 Å². The number of ether oxygens (including phenoxy) is 1. The summed E-state index contributed by atoms with van der Waals surface area (Å²) in [6.45, 7) is 3.25. The summed E-state index contributed by atoms with van der Waals surface area (Å²) in [4.78, 5) is 0. The van der Waals surface area contributed by atoms with E-state index in [1.54, 1.807) is 7.11 Å². The number of aliphatic hydroxyl groups excluding tert-OH is 1. The number of aliphatic hydroxyl groups is 1. The molecule has 0 aliphatic rings. The van der Waals surface area contributed by atoms with Crippen molar-refractivity contribution >= 4 is 10.8 Å². The zero-order chi connectivity index (χ0) is 14.4. The van der Waals surface area contributed by atoms with E-state index in [1.807, 2.05) is 12.1 Å². The van der Waals surface area contributed by atoms with Crippen LogP contribution in [0, 0.1) is 0 Å². The minimum atomic E-state index is 0.261. The molecule has 3 heteroatoms. The zero-order valence-electron chi connectivity index (χ0n) is 12.2. The Balaban J connectivity index is 2.14. The van der Waals surface area contributed by atoms with Crippen LogP contribution in [0.1, 0.15) is 25.3 Å². The van der Waals surface area contributed by atoms with Crippen molar-refractivity contribution < 1.29 is 9.84 Å². The van der Waals surface area contributed by atoms with Crippen LogP contribution in [-0.2, 0) is 6.54 Å². The van der Waals surface area contributed by atoms with Gasteiger partial charge in [0.05, 0.1) is 7.11 Å². The standard InChI is InChI=1S/C17H23NO2/c1-13(6-5-11-19)18-12-14-9-10-17(20-2)16-8-4-3-7-15(14)16/h3-4,7-10,13,18-19H,5-6,11-12H2,1-2H3. The Kier molecular flexibility index (Phi) is 5.39. The molecule has 1 unspecified atom stereocenters. The van der Waals surface area contributed by atoms with E-state index in [0.29, 0.717) is 6.04 Å². The van der Waals surface area contributed by atoms with Gasteiger partial charge < -0.3 is 15.2 Å². The zero-order valence-corrected chi connectivity index (χ0v) is 12.2. The third-order valence-corrected chi connectivity index (χ3v) is 3.63. The topological polar surface area (TPSA) is 41.5 Å². The molecule has 0 fully saturated rings. The van der Waals surface area contributed by atoms with Crippen LogP contribution in [0.4, 0.5) is 0 Å². The number of hydrogen-bond acceptors (Lipinski definition) is 3. The lowest BCUT2D eigenvalue weighted by molar-refractivity contribution is 0.276. The van der Waals surface area contributed by atoms with Gasteiger partial charge in [0.1, 0.15) is 5.75 Å². The van der Waals surface area contributed by atoms with Crippen LogP contribution in [-0.4, -0.2) is 24.9 Å². The van der Waals surface area contributed by atoms with Gasteiger partial charge in [-0.25, -0.2) is 0 Å². The van der Waals surface area contributed by atoms with E-state index in [-0.39, 0.29) is 6.61 Å². The predicted octanol–water partition coefficient (Wildman–Crippen LogP) is 3.10. The fourth-order valence-electron chi connectivity index (χ4n) is 2.45. The molecule has 2 aromatic rings. The average Bonchev–Trinajstić information content (AvgIpc) is 2.50. The molecule has 3 nitrogen and oxygen atoms in total. The largest absolute Gasteiger partial charge is 0.496 e. The van der Waals surface area contributed by atoms with Gasteiger partial charge in [0.2, 0.25) is 0 Å². The van der Waals surface area contributed by atoms with Crippen LogP contribution in [0.3, 0.4) is 0 Å². The normalized spacial score (nSPS) is 12.6. The summed E-state index contributed by atoms with van der Waals surface area (Å²) in [5.41, 5.74) is 1.28. The quantitative estimate of drug-likeness (QED) is 0.814. The first kappa shape index (κ1) is 14.8. The molecule has 0 heterocycles. The van der Waals surface area contributed by atoms with E-state index < -0.39 is 0 Å². The van der Waals surface area contributed by atoms with Crippen LogP contribution in [0.2, 0.25) is 0 Å². The monoisotopic (exact) mass is 273 g/mol. The summed E-state index contributed by atoms with van der Waals surface area (Å²) >= 11 is 0. The smallest absolute Gasteiger partial charge is 0.126 e. The second-order valence-corrected chi connectivity index (χ2v) is 5.12. The van der Waals surface area contributed by atoms with Gasteiger partial charge in [-0.2, -0.15) is 0 Å². The summed E-state index contributed by atoms with van der Waals surface area (Å²) in [7, 11) is 1.71. The van der Waals surface area contributed by atoms with Crippen LogP contribution in [0.15, 0.2) is 36.4 Å². The fraction of sp³-hybridized carbons (Fsp3) is 0.412. The average molecular weight is 273 g/mol. The van der Waals surface area contributed by atoms with Crippen molar-refractivity contribution in [2.24, 2.45) is 0 Å². The second-order valence-electron chi connectivity index (χ2n) is 5.12. The van der Waals surface area contributed by atoms with E-state index in [4.69, 9.17) is 9.84 Å². The maximum Gasteiger partial charge on any atom is 0.126 e. The third kappa shape index (κ3) is 3.50. The highest BCUT2D eigenvalue weighted by atomic mass is 16.5. The Hall–Kier alpha value is -1.58. The van der Waals surface area contributed by atoms with Crippen LogP contribution in [0.25, 0.3) is 10.8 Å². The van der Waals surface area contributed by atoms with Crippen LogP contribution < -0.4 is 10.1 Å². The lowest BCUT2D eigenvalue weighted by atomic mass is 10.0. The van der Waals surface area contributed by atoms with Gasteiger partial charge in [-0.05, 0) is 36.8 Å². The molecule has 0 amide bonds. The highest BCUT2D eigenvalue weighted by Gasteiger charge is 2.07. The van der Waals surface area contributed by atoms with Gasteiger partial charge in [0.15, 0.2) is 0 Å². The molecule has 2 rings (SSSR count). The molecule has 20 heavy (non-hydrogen) atoms. The summed E-state index contributed by atoms with van der Waals surface area (Å²) < 4.78 is 5.41. The van der Waals surface area contributed by atoms with Gasteiger partial charge >= 0.3 is 0 Å². The van der Waals surface area contributed by atoms with E-state index in [1.165, 1.54) is 10.9 Å². The number of methoxy groups -OCH3 is 1. The van der Waals surface area contributed by atoms with E-state index >= 15 is 0 Å². The van der Waals surface area contributed by atoms with E-state index in [9.17, 15) is 0 Å². The molecule has 2 aromatic carbocycles. The fourth-order valence-corrected chi connectivity index (χ4v) is 2.45. The number of rotatable bonds is 7. The Labute approximate surface area is 120 Å². The van der Waals surface area contributed by atoms with Crippen molar-refractivity contribution in [1.29, 1.82) is 0 Å². The summed E-state index contributed by atoms with van der Waals surface area (Å²) in [5.74, 6) is 0.915. The Morgan fingerprint density at radius 2 is 1.90 bits per heavy atom. The molecule has 0 aliphatic heterocycles. The molecule has 0 bridgehead atoms. The van der Waals surface area contributed by atoms with Gasteiger partial charge in [0.25, 0.3) is 0 Å². The van der Waals surface area contributed by atoms with Crippen molar-refractivity contribution in [3.63, 3.8) is 0 Å². The molecular formula is C17H23NO2. The minimum absolute atomic E-state index is 0.261. The molecule has 0 radical (unpaired) electrons. The minimum Gasteiger partial charge on any atom is -0.496 e. The molecule has 0 spiro atoms. The Morgan fingerprint density at radius 3 is 2.60 bits per heavy atom. The second kappa shape index (κ2) is 7.27. The van der Waals surface area contributed by atoms with Crippen molar-refractivity contribution in [2.75, 3.05) is 13.7 Å². The number of hydrogen-bond donors (Lipinski definition) is 2. The van der Waals surface area contributed by atoms with Gasteiger partial charge in [-0.15, -0.1) is 0 Å². The number of benzene rings is 2. The van der Waals surface area contributed by atoms with Crippen molar-refractivity contribution in [2.45, 2.75) is 32.4 Å². The molecular weight excluding hydrogens is 250 g/mol. The molecule has 0 aromatic heterocycles.